The molecule has 0 amide bonds. The molecule has 12 heteroatoms. The Bertz CT molecular complexity index is 1330. The molecule has 0 spiro atoms. The number of fused-ring (bicyclic) bond motifs is 2. The number of carboxylic acids is 1. The van der Waals surface area contributed by atoms with Crippen molar-refractivity contribution in [2.45, 2.75) is 22.5 Å². The second kappa shape index (κ2) is 7.99. The maximum Gasteiger partial charge on any atom is 0.335 e. The van der Waals surface area contributed by atoms with Crippen molar-refractivity contribution in [1.82, 2.24) is 9.21 Å². The number of hydrogen-bond acceptors (Lipinski definition) is 7. The normalized spacial score (nSPS) is 18.8. The quantitative estimate of drug-likeness (QED) is 0.681. The van der Waals surface area contributed by atoms with Crippen LogP contribution >= 0.6 is 11.6 Å². The number of piperazine rings is 1. The van der Waals surface area contributed by atoms with Gasteiger partial charge in [0.15, 0.2) is 9.84 Å². The van der Waals surface area contributed by atoms with Gasteiger partial charge in [0.25, 0.3) is 0 Å². The van der Waals surface area contributed by atoms with Gasteiger partial charge in [0.1, 0.15) is 16.4 Å². The third-order valence-corrected chi connectivity index (χ3v) is 9.39. The standard InChI is InChI=1S/C20H21ClN2O7S2/c1-12-7-13(20(24)25)9-17-18(12)30-19-14(11-31(17,26)27)8-15(10-16(19)21)32(28,29)23-5-3-22(2)4-6-23/h7-10H,3-6,11H2,1-2H3,(H,24,25). The number of benzene rings is 2. The summed E-state index contributed by atoms with van der Waals surface area (Å²) in [5.74, 6) is -1.84. The lowest BCUT2D eigenvalue weighted by Crippen LogP contribution is -2.47. The first-order valence-corrected chi connectivity index (χ1v) is 13.2. The number of hydrogen-bond donors (Lipinski definition) is 1. The molecular weight excluding hydrogens is 480 g/mol. The molecule has 2 aromatic carbocycles. The van der Waals surface area contributed by atoms with Crippen LogP contribution in [-0.2, 0) is 25.6 Å². The van der Waals surface area contributed by atoms with Crippen molar-refractivity contribution in [3.05, 3.63) is 46.0 Å². The zero-order valence-electron chi connectivity index (χ0n) is 17.3. The average Bonchev–Trinajstić information content (AvgIpc) is 2.82. The Labute approximate surface area is 191 Å². The minimum absolute atomic E-state index is 0.0228. The van der Waals surface area contributed by atoms with Gasteiger partial charge in [0, 0.05) is 31.7 Å². The maximum absolute atomic E-state index is 13.2. The number of aromatic carboxylic acids is 1. The van der Waals surface area contributed by atoms with Crippen LogP contribution in [0.15, 0.2) is 34.1 Å². The molecule has 1 fully saturated rings. The highest BCUT2D eigenvalue weighted by molar-refractivity contribution is 7.90. The van der Waals surface area contributed by atoms with Crippen LogP contribution in [0.3, 0.4) is 0 Å². The third-order valence-electron chi connectivity index (χ3n) is 5.57. The van der Waals surface area contributed by atoms with Crippen LogP contribution in [0, 0.1) is 6.92 Å². The van der Waals surface area contributed by atoms with Crippen LogP contribution in [0.1, 0.15) is 21.5 Å². The van der Waals surface area contributed by atoms with Gasteiger partial charge in [-0.1, -0.05) is 11.6 Å². The van der Waals surface area contributed by atoms with Gasteiger partial charge in [-0.25, -0.2) is 21.6 Å². The van der Waals surface area contributed by atoms with Gasteiger partial charge >= 0.3 is 5.97 Å². The van der Waals surface area contributed by atoms with E-state index in [4.69, 9.17) is 16.3 Å². The Morgan fingerprint density at radius 2 is 1.75 bits per heavy atom. The smallest absolute Gasteiger partial charge is 0.335 e. The van der Waals surface area contributed by atoms with Crippen molar-refractivity contribution in [1.29, 1.82) is 0 Å². The molecule has 4 rings (SSSR count). The SMILES string of the molecule is Cc1cc(C(=O)O)cc2c1Oc1c(Cl)cc(S(=O)(=O)N3CCN(C)CC3)cc1CS2(=O)=O. The molecule has 1 saturated heterocycles. The minimum atomic E-state index is -4.04. The van der Waals surface area contributed by atoms with Crippen LogP contribution in [0.2, 0.25) is 5.02 Å². The molecule has 1 N–H and O–H groups in total. The minimum Gasteiger partial charge on any atom is -0.478 e. The summed E-state index contributed by atoms with van der Waals surface area (Å²) in [6.45, 7) is 3.31. The van der Waals surface area contributed by atoms with Crippen molar-refractivity contribution in [2.75, 3.05) is 33.2 Å². The molecular formula is C20H21ClN2O7S2. The van der Waals surface area contributed by atoms with Gasteiger partial charge < -0.3 is 14.7 Å². The summed E-state index contributed by atoms with van der Waals surface area (Å²) >= 11 is 6.38. The van der Waals surface area contributed by atoms with Crippen molar-refractivity contribution in [3.63, 3.8) is 0 Å². The van der Waals surface area contributed by atoms with Gasteiger partial charge in [0.05, 0.1) is 21.2 Å². The number of likely N-dealkylation sites (N-methyl/N-ethyl adjacent to an activating group) is 1. The Morgan fingerprint density at radius 3 is 2.38 bits per heavy atom. The van der Waals surface area contributed by atoms with Crippen molar-refractivity contribution < 1.29 is 31.5 Å². The van der Waals surface area contributed by atoms with Crippen LogP contribution in [0.5, 0.6) is 11.5 Å². The summed E-state index contributed by atoms with van der Waals surface area (Å²) in [5.41, 5.74) is 0.211. The second-order valence-corrected chi connectivity index (χ2v) is 12.2. The summed E-state index contributed by atoms with van der Waals surface area (Å²) < 4.78 is 59.7. The Kier molecular flexibility index (Phi) is 5.74. The van der Waals surface area contributed by atoms with Gasteiger partial charge in [0.2, 0.25) is 10.0 Å². The average molecular weight is 501 g/mol. The summed E-state index contributed by atoms with van der Waals surface area (Å²) in [4.78, 5) is 13.0. The second-order valence-electron chi connectivity index (χ2n) is 7.89. The van der Waals surface area contributed by atoms with E-state index in [-0.39, 0.29) is 37.4 Å². The largest absolute Gasteiger partial charge is 0.478 e. The van der Waals surface area contributed by atoms with Crippen LogP contribution < -0.4 is 4.74 Å². The summed E-state index contributed by atoms with van der Waals surface area (Å²) in [7, 11) is -6.03. The van der Waals surface area contributed by atoms with Crippen molar-refractivity contribution >= 4 is 37.4 Å². The summed E-state index contributed by atoms with van der Waals surface area (Å²) in [6, 6.07) is 4.88. The van der Waals surface area contributed by atoms with E-state index in [1.54, 1.807) is 0 Å². The summed E-state index contributed by atoms with van der Waals surface area (Å²) in [5, 5.41) is 9.26. The molecule has 0 unspecified atom stereocenters. The highest BCUT2D eigenvalue weighted by Crippen LogP contribution is 2.44. The Hall–Kier alpha value is -2.18. The number of carboxylic acid groups (broad SMARTS) is 1. The van der Waals surface area contributed by atoms with E-state index in [1.807, 2.05) is 11.9 Å². The number of nitrogens with zero attached hydrogens (tertiary/aromatic N) is 2. The Balaban J connectivity index is 1.82. The van der Waals surface area contributed by atoms with Crippen molar-refractivity contribution in [3.8, 4) is 11.5 Å². The number of sulfonamides is 1. The van der Waals surface area contributed by atoms with E-state index in [2.05, 4.69) is 0 Å². The lowest BCUT2D eigenvalue weighted by atomic mass is 10.1. The van der Waals surface area contributed by atoms with Gasteiger partial charge in [-0.3, -0.25) is 0 Å². The molecule has 0 aromatic heterocycles. The molecule has 2 aromatic rings. The van der Waals surface area contributed by atoms with Gasteiger partial charge in [-0.15, -0.1) is 0 Å². The number of aryl methyl sites for hydroxylation is 1. The molecule has 2 aliphatic heterocycles. The number of halogens is 1. The number of ether oxygens (including phenoxy) is 1. The molecule has 0 aliphatic carbocycles. The lowest BCUT2D eigenvalue weighted by molar-refractivity contribution is 0.0696. The molecule has 0 saturated carbocycles. The number of carbonyl (C=O) groups is 1. The zero-order chi connectivity index (χ0) is 23.4. The molecule has 2 aliphatic rings. The lowest BCUT2D eigenvalue weighted by Gasteiger charge is -2.31. The number of rotatable bonds is 3. The molecule has 32 heavy (non-hydrogen) atoms. The fraction of sp³-hybridized carbons (Fsp3) is 0.350. The summed E-state index contributed by atoms with van der Waals surface area (Å²) in [6.07, 6.45) is 0. The Morgan fingerprint density at radius 1 is 1.09 bits per heavy atom. The van der Waals surface area contributed by atoms with Gasteiger partial charge in [-0.05, 0) is 43.8 Å². The van der Waals surface area contributed by atoms with Crippen LogP contribution in [0.25, 0.3) is 0 Å². The zero-order valence-corrected chi connectivity index (χ0v) is 19.7. The third kappa shape index (κ3) is 3.99. The molecule has 0 bridgehead atoms. The first-order chi connectivity index (χ1) is 14.9. The molecule has 0 radical (unpaired) electrons. The van der Waals surface area contributed by atoms with E-state index in [9.17, 15) is 26.7 Å². The topological polar surface area (TPSA) is 121 Å². The van der Waals surface area contributed by atoms with Gasteiger partial charge in [-0.2, -0.15) is 4.31 Å². The maximum atomic E-state index is 13.2. The molecule has 0 atom stereocenters. The molecule has 9 nitrogen and oxygen atoms in total. The predicted octanol–water partition coefficient (Wildman–Crippen LogP) is 2.36. The first kappa shape index (κ1) is 23.0. The van der Waals surface area contributed by atoms with E-state index < -0.39 is 31.6 Å². The fourth-order valence-electron chi connectivity index (χ4n) is 3.78. The van der Waals surface area contributed by atoms with E-state index >= 15 is 0 Å². The molecule has 2 heterocycles. The van der Waals surface area contributed by atoms with Crippen LogP contribution in [0.4, 0.5) is 0 Å². The molecule has 172 valence electrons. The first-order valence-electron chi connectivity index (χ1n) is 9.70. The van der Waals surface area contributed by atoms with E-state index in [0.717, 1.165) is 6.07 Å². The van der Waals surface area contributed by atoms with E-state index in [0.29, 0.717) is 31.7 Å². The fourth-order valence-corrected chi connectivity index (χ4v) is 7.20. The van der Waals surface area contributed by atoms with E-state index in [1.165, 1.54) is 29.4 Å². The highest BCUT2D eigenvalue weighted by Gasteiger charge is 2.34. The monoisotopic (exact) mass is 500 g/mol. The number of sulfone groups is 1. The van der Waals surface area contributed by atoms with Crippen molar-refractivity contribution in [2.24, 2.45) is 0 Å². The predicted molar refractivity (Wildman–Crippen MR) is 117 cm³/mol. The highest BCUT2D eigenvalue weighted by atomic mass is 35.5. The van der Waals surface area contributed by atoms with Crippen LogP contribution in [-0.4, -0.2) is 70.3 Å².